The number of rotatable bonds is 9. The van der Waals surface area contributed by atoms with Crippen LogP contribution >= 0.6 is 11.6 Å². The number of piperazine rings is 1. The van der Waals surface area contributed by atoms with Crippen LogP contribution in [0.25, 0.3) is 0 Å². The molecule has 5 rings (SSSR count). The minimum Gasteiger partial charge on any atom is -0.492 e. The van der Waals surface area contributed by atoms with Crippen LogP contribution in [0.15, 0.2) is 71.7 Å². The highest BCUT2D eigenvalue weighted by Crippen LogP contribution is 2.38. The van der Waals surface area contributed by atoms with Crippen molar-refractivity contribution in [3.8, 4) is 11.5 Å². The summed E-state index contributed by atoms with van der Waals surface area (Å²) in [5.41, 5.74) is 6.57. The number of carbonyl (C=O) groups excluding carboxylic acids is 2. The van der Waals surface area contributed by atoms with Gasteiger partial charge in [0.15, 0.2) is 6.61 Å². The normalized spacial score (nSPS) is 15.7. The topological polar surface area (TPSA) is 98.7 Å². The summed E-state index contributed by atoms with van der Waals surface area (Å²) in [7, 11) is 0. The number of nitrogens with one attached hydrogen (secondary N) is 2. The van der Waals surface area contributed by atoms with E-state index in [-0.39, 0.29) is 24.5 Å². The SMILES string of the molecule is CCOc1ccccc1N1Nc2ccc(NC(C)=O)cc2N=C1C(C)N1CCN(C(=O)COc2ccc(Cl)cc2)CC1. The number of ether oxygens (including phenoxy) is 2. The van der Waals surface area contributed by atoms with E-state index in [2.05, 4.69) is 22.6 Å². The van der Waals surface area contributed by atoms with Gasteiger partial charge in [0.25, 0.3) is 5.91 Å². The van der Waals surface area contributed by atoms with E-state index in [4.69, 9.17) is 26.1 Å². The number of benzene rings is 3. The van der Waals surface area contributed by atoms with Gasteiger partial charge in [-0.2, -0.15) is 0 Å². The molecule has 0 radical (unpaired) electrons. The summed E-state index contributed by atoms with van der Waals surface area (Å²) in [5.74, 6) is 1.93. The van der Waals surface area contributed by atoms with Crippen molar-refractivity contribution in [1.82, 2.24) is 9.80 Å². The lowest BCUT2D eigenvalue weighted by Gasteiger charge is -2.42. The fraction of sp³-hybridized carbons (Fsp3) is 0.323. The third kappa shape index (κ3) is 6.78. The minimum atomic E-state index is -0.144. The Morgan fingerprint density at radius 3 is 2.48 bits per heavy atom. The van der Waals surface area contributed by atoms with Gasteiger partial charge in [-0.25, -0.2) is 10.0 Å². The zero-order chi connectivity index (χ0) is 29.6. The predicted octanol–water partition coefficient (Wildman–Crippen LogP) is 5.19. The number of anilines is 3. The van der Waals surface area contributed by atoms with E-state index >= 15 is 0 Å². The maximum Gasteiger partial charge on any atom is 0.260 e. The number of hydrogen-bond donors (Lipinski definition) is 2. The van der Waals surface area contributed by atoms with Gasteiger partial charge in [0.2, 0.25) is 5.91 Å². The van der Waals surface area contributed by atoms with Crippen LogP contribution in [0.2, 0.25) is 5.02 Å². The van der Waals surface area contributed by atoms with Gasteiger partial charge in [0, 0.05) is 43.8 Å². The first-order valence-corrected chi connectivity index (χ1v) is 14.4. The maximum absolute atomic E-state index is 12.9. The molecule has 11 heteroatoms. The van der Waals surface area contributed by atoms with Crippen LogP contribution in [-0.2, 0) is 9.59 Å². The van der Waals surface area contributed by atoms with Gasteiger partial charge in [0.1, 0.15) is 23.0 Å². The van der Waals surface area contributed by atoms with E-state index in [0.717, 1.165) is 28.6 Å². The van der Waals surface area contributed by atoms with Crippen LogP contribution in [-0.4, -0.2) is 72.9 Å². The third-order valence-electron chi connectivity index (χ3n) is 7.18. The molecular weight excluding hydrogens is 556 g/mol. The highest BCUT2D eigenvalue weighted by atomic mass is 35.5. The molecule has 3 aromatic rings. The summed E-state index contributed by atoms with van der Waals surface area (Å²) in [4.78, 5) is 33.8. The molecule has 2 aliphatic rings. The monoisotopic (exact) mass is 590 g/mol. The first kappa shape index (κ1) is 29.2. The number of nitrogens with zero attached hydrogens (tertiary/aromatic N) is 4. The zero-order valence-corrected chi connectivity index (χ0v) is 24.7. The van der Waals surface area contributed by atoms with Gasteiger partial charge in [-0.3, -0.25) is 19.9 Å². The van der Waals surface area contributed by atoms with Crippen molar-refractivity contribution in [2.45, 2.75) is 26.8 Å². The van der Waals surface area contributed by atoms with Crippen molar-refractivity contribution >= 4 is 52.0 Å². The molecule has 2 N–H and O–H groups in total. The van der Waals surface area contributed by atoms with Crippen molar-refractivity contribution < 1.29 is 19.1 Å². The molecule has 1 atom stereocenters. The fourth-order valence-electron chi connectivity index (χ4n) is 5.02. The van der Waals surface area contributed by atoms with Crippen molar-refractivity contribution in [2.75, 3.05) is 55.1 Å². The number of carbonyl (C=O) groups is 2. The summed E-state index contributed by atoms with van der Waals surface area (Å²) in [6.45, 7) is 8.55. The molecule has 2 heterocycles. The zero-order valence-electron chi connectivity index (χ0n) is 24.0. The molecule has 2 amide bonds. The number of fused-ring (bicyclic) bond motifs is 1. The molecule has 3 aromatic carbocycles. The van der Waals surface area contributed by atoms with E-state index in [9.17, 15) is 9.59 Å². The third-order valence-corrected chi connectivity index (χ3v) is 7.44. The first-order valence-electron chi connectivity index (χ1n) is 14.0. The number of hydrogen-bond acceptors (Lipinski definition) is 8. The summed E-state index contributed by atoms with van der Waals surface area (Å²) < 4.78 is 11.6. The van der Waals surface area contributed by atoms with Gasteiger partial charge in [-0.05, 0) is 68.4 Å². The second-order valence-electron chi connectivity index (χ2n) is 10.1. The molecule has 0 spiro atoms. The average molecular weight is 591 g/mol. The highest BCUT2D eigenvalue weighted by Gasteiger charge is 2.33. The summed E-state index contributed by atoms with van der Waals surface area (Å²) >= 11 is 5.93. The van der Waals surface area contributed by atoms with E-state index in [0.29, 0.717) is 49.2 Å². The Hall–Kier alpha value is -4.28. The largest absolute Gasteiger partial charge is 0.492 e. The van der Waals surface area contributed by atoms with Gasteiger partial charge in [-0.1, -0.05) is 23.7 Å². The lowest BCUT2D eigenvalue weighted by atomic mass is 10.1. The predicted molar refractivity (Wildman–Crippen MR) is 166 cm³/mol. The fourth-order valence-corrected chi connectivity index (χ4v) is 5.15. The Morgan fingerprint density at radius 2 is 1.76 bits per heavy atom. The first-order chi connectivity index (χ1) is 20.3. The van der Waals surface area contributed by atoms with Gasteiger partial charge in [0.05, 0.1) is 24.0 Å². The second kappa shape index (κ2) is 13.1. The molecular formula is C31H35ClN6O4. The molecule has 42 heavy (non-hydrogen) atoms. The second-order valence-corrected chi connectivity index (χ2v) is 10.5. The lowest BCUT2D eigenvalue weighted by molar-refractivity contribution is -0.135. The molecule has 220 valence electrons. The molecule has 0 aliphatic carbocycles. The summed E-state index contributed by atoms with van der Waals surface area (Å²) in [5, 5.41) is 5.42. The number of amides is 2. The van der Waals surface area contributed by atoms with Gasteiger partial charge >= 0.3 is 0 Å². The van der Waals surface area contributed by atoms with Crippen LogP contribution in [0, 0.1) is 0 Å². The maximum atomic E-state index is 12.9. The Balaban J connectivity index is 1.33. The van der Waals surface area contributed by atoms with Crippen molar-refractivity contribution in [2.24, 2.45) is 4.99 Å². The standard InChI is InChI=1S/C31H35ClN6O4/c1-4-41-29-8-6-5-7-28(29)38-31(34-27-19-24(33-22(3)39)11-14-26(27)35-38)21(2)36-15-17-37(18-16-36)30(40)20-42-25-12-9-23(32)10-13-25/h5-14,19,21,35H,4,15-18,20H2,1-3H3,(H,33,39). The number of aliphatic imine (C=N–C) groups is 1. The molecule has 0 saturated carbocycles. The van der Waals surface area contributed by atoms with Gasteiger partial charge in [-0.15, -0.1) is 0 Å². The number of halogens is 1. The van der Waals surface area contributed by atoms with E-state index in [1.165, 1.54) is 6.92 Å². The number of para-hydroxylation sites is 2. The van der Waals surface area contributed by atoms with Crippen molar-refractivity contribution in [3.05, 3.63) is 71.8 Å². The van der Waals surface area contributed by atoms with Crippen LogP contribution in [0.3, 0.4) is 0 Å². The summed E-state index contributed by atoms with van der Waals surface area (Å²) in [6, 6.07) is 20.3. The van der Waals surface area contributed by atoms with Crippen molar-refractivity contribution in [1.29, 1.82) is 0 Å². The van der Waals surface area contributed by atoms with Crippen molar-refractivity contribution in [3.63, 3.8) is 0 Å². The van der Waals surface area contributed by atoms with Gasteiger partial charge < -0.3 is 19.7 Å². The van der Waals surface area contributed by atoms with Crippen LogP contribution < -0.4 is 25.2 Å². The molecule has 0 aromatic heterocycles. The molecule has 2 aliphatic heterocycles. The smallest absolute Gasteiger partial charge is 0.260 e. The highest BCUT2D eigenvalue weighted by molar-refractivity contribution is 6.30. The molecule has 1 fully saturated rings. The Labute approximate surface area is 250 Å². The van der Waals surface area contributed by atoms with Crippen LogP contribution in [0.1, 0.15) is 20.8 Å². The molecule has 0 bridgehead atoms. The van der Waals surface area contributed by atoms with Crippen LogP contribution in [0.5, 0.6) is 11.5 Å². The molecule has 1 saturated heterocycles. The minimum absolute atomic E-state index is 0.0246. The Bertz CT molecular complexity index is 1460. The Kier molecular flexibility index (Phi) is 9.14. The van der Waals surface area contributed by atoms with E-state index in [1.807, 2.05) is 59.3 Å². The Morgan fingerprint density at radius 1 is 1.02 bits per heavy atom. The lowest BCUT2D eigenvalue weighted by Crippen LogP contribution is -2.57. The quantitative estimate of drug-likeness (QED) is 0.354. The van der Waals surface area contributed by atoms with E-state index in [1.54, 1.807) is 24.3 Å². The molecule has 1 unspecified atom stereocenters. The number of amidine groups is 1. The average Bonchev–Trinajstić information content (AvgIpc) is 3.00. The number of hydrazine groups is 1. The van der Waals surface area contributed by atoms with E-state index < -0.39 is 0 Å². The van der Waals surface area contributed by atoms with Crippen LogP contribution in [0.4, 0.5) is 22.7 Å². The summed E-state index contributed by atoms with van der Waals surface area (Å²) in [6.07, 6.45) is 0. The molecule has 10 nitrogen and oxygen atoms in total.